The summed E-state index contributed by atoms with van der Waals surface area (Å²) in [5, 5.41) is 11.1. The van der Waals surface area contributed by atoms with Gasteiger partial charge in [0.25, 0.3) is 5.91 Å². The molecule has 0 aliphatic heterocycles. The van der Waals surface area contributed by atoms with Crippen LogP contribution in [0.1, 0.15) is 28.5 Å². The largest absolute Gasteiger partial charge is 0.494 e. The Morgan fingerprint density at radius 2 is 1.93 bits per heavy atom. The maximum Gasteiger partial charge on any atom is 0.289 e. The van der Waals surface area contributed by atoms with Crippen molar-refractivity contribution in [3.8, 4) is 17.0 Å². The number of halogens is 1. The molecule has 2 N–H and O–H groups in total. The number of H-pyrrole nitrogens is 1. The lowest BCUT2D eigenvalue weighted by Crippen LogP contribution is -2.19. The molecular weight excluding hydrogens is 408 g/mol. The number of hydrogen-bond donors (Lipinski definition) is 2. The van der Waals surface area contributed by atoms with Gasteiger partial charge < -0.3 is 4.74 Å². The van der Waals surface area contributed by atoms with Crippen LogP contribution in [-0.4, -0.2) is 28.9 Å². The van der Waals surface area contributed by atoms with Gasteiger partial charge in [-0.1, -0.05) is 28.1 Å². The number of nitrogens with one attached hydrogen (secondary N) is 2. The topological polar surface area (TPSA) is 79.4 Å². The Morgan fingerprint density at radius 1 is 1.22 bits per heavy atom. The van der Waals surface area contributed by atoms with Gasteiger partial charge in [-0.15, -0.1) is 0 Å². The first-order chi connectivity index (χ1) is 13.1. The van der Waals surface area contributed by atoms with Crippen LogP contribution < -0.4 is 10.2 Å². The molecule has 6 nitrogen and oxygen atoms in total. The molecule has 0 saturated heterocycles. The molecule has 0 radical (unpaired) electrons. The summed E-state index contributed by atoms with van der Waals surface area (Å²) in [6, 6.07) is 15.2. The van der Waals surface area contributed by atoms with Gasteiger partial charge >= 0.3 is 0 Å². The number of benzene rings is 2. The molecule has 0 bridgehead atoms. The zero-order chi connectivity index (χ0) is 19.2. The van der Waals surface area contributed by atoms with Crippen LogP contribution in [0.5, 0.6) is 5.75 Å². The minimum Gasteiger partial charge on any atom is -0.494 e. The van der Waals surface area contributed by atoms with Crippen molar-refractivity contribution in [3.63, 3.8) is 0 Å². The number of ether oxygens (including phenoxy) is 1. The zero-order valence-corrected chi connectivity index (χ0v) is 16.6. The number of carbonyl (C=O) groups is 1. The van der Waals surface area contributed by atoms with E-state index in [0.29, 0.717) is 12.3 Å². The number of hydrogen-bond acceptors (Lipinski definition) is 4. The summed E-state index contributed by atoms with van der Waals surface area (Å²) in [5.74, 6) is 0.459. The maximum atomic E-state index is 12.4. The molecule has 0 aliphatic carbocycles. The van der Waals surface area contributed by atoms with Crippen molar-refractivity contribution in [1.29, 1.82) is 0 Å². The van der Waals surface area contributed by atoms with Crippen molar-refractivity contribution in [1.82, 2.24) is 15.6 Å². The molecule has 1 aromatic heterocycles. The van der Waals surface area contributed by atoms with E-state index in [1.54, 1.807) is 6.21 Å². The Balaban J connectivity index is 1.70. The number of rotatable bonds is 6. The average Bonchev–Trinajstić information content (AvgIpc) is 3.06. The van der Waals surface area contributed by atoms with Crippen LogP contribution in [0.2, 0.25) is 0 Å². The molecule has 2 aromatic carbocycles. The van der Waals surface area contributed by atoms with E-state index in [0.717, 1.165) is 32.6 Å². The smallest absolute Gasteiger partial charge is 0.289 e. The van der Waals surface area contributed by atoms with Crippen LogP contribution in [0.25, 0.3) is 11.3 Å². The number of aromatic amines is 1. The monoisotopic (exact) mass is 426 g/mol. The van der Waals surface area contributed by atoms with Gasteiger partial charge in [-0.2, -0.15) is 10.2 Å². The van der Waals surface area contributed by atoms with Crippen molar-refractivity contribution < 1.29 is 9.53 Å². The first kappa shape index (κ1) is 18.8. The third-order valence-electron chi connectivity index (χ3n) is 3.93. The highest BCUT2D eigenvalue weighted by Crippen LogP contribution is 2.25. The Kier molecular flexibility index (Phi) is 6.03. The van der Waals surface area contributed by atoms with Crippen LogP contribution in [0.3, 0.4) is 0 Å². The third kappa shape index (κ3) is 4.62. The molecule has 0 atom stereocenters. The normalized spacial score (nSPS) is 10.9. The van der Waals surface area contributed by atoms with Crippen molar-refractivity contribution >= 4 is 28.1 Å². The first-order valence-corrected chi connectivity index (χ1v) is 9.25. The lowest BCUT2D eigenvalue weighted by molar-refractivity contribution is 0.0949. The van der Waals surface area contributed by atoms with Gasteiger partial charge in [-0.25, -0.2) is 5.43 Å². The summed E-state index contributed by atoms with van der Waals surface area (Å²) >= 11 is 3.38. The van der Waals surface area contributed by atoms with Gasteiger partial charge in [0.15, 0.2) is 0 Å². The molecule has 0 aliphatic rings. The molecule has 0 fully saturated rings. The van der Waals surface area contributed by atoms with Crippen molar-refractivity contribution in [3.05, 3.63) is 69.8 Å². The highest BCUT2D eigenvalue weighted by atomic mass is 79.9. The molecule has 27 heavy (non-hydrogen) atoms. The van der Waals surface area contributed by atoms with Crippen LogP contribution in [-0.2, 0) is 0 Å². The fourth-order valence-electron chi connectivity index (χ4n) is 2.55. The minimum absolute atomic E-state index is 0.342. The fraction of sp³-hybridized carbons (Fsp3) is 0.150. The summed E-state index contributed by atoms with van der Waals surface area (Å²) in [7, 11) is 0. The fourth-order valence-corrected chi connectivity index (χ4v) is 2.81. The molecule has 0 saturated carbocycles. The summed E-state index contributed by atoms with van der Waals surface area (Å²) in [4.78, 5) is 12.4. The second-order valence-corrected chi connectivity index (χ2v) is 6.70. The van der Waals surface area contributed by atoms with Crippen LogP contribution in [0, 0.1) is 6.92 Å². The lowest BCUT2D eigenvalue weighted by Gasteiger charge is -2.04. The Labute approximate surface area is 165 Å². The molecule has 0 unspecified atom stereocenters. The SMILES string of the molecule is CCOc1ccc(-c2n[nH]c(C(=O)N/N=C/c3ccc(Br)cc3)c2C)cc1. The van der Waals surface area contributed by atoms with Gasteiger partial charge in [0, 0.05) is 15.6 Å². The first-order valence-electron chi connectivity index (χ1n) is 8.45. The predicted octanol–water partition coefficient (Wildman–Crippen LogP) is 4.31. The molecule has 1 amide bonds. The van der Waals surface area contributed by atoms with E-state index in [1.165, 1.54) is 0 Å². The maximum absolute atomic E-state index is 12.4. The Morgan fingerprint density at radius 3 is 2.59 bits per heavy atom. The van der Waals surface area contributed by atoms with Crippen LogP contribution >= 0.6 is 15.9 Å². The molecular formula is C20H19BrN4O2. The van der Waals surface area contributed by atoms with E-state index in [4.69, 9.17) is 4.74 Å². The van der Waals surface area contributed by atoms with E-state index >= 15 is 0 Å². The average molecular weight is 427 g/mol. The Hall–Kier alpha value is -2.93. The molecule has 3 aromatic rings. The van der Waals surface area contributed by atoms with E-state index in [-0.39, 0.29) is 5.91 Å². The number of aromatic nitrogens is 2. The van der Waals surface area contributed by atoms with Crippen LogP contribution in [0.15, 0.2) is 58.1 Å². The van der Waals surface area contributed by atoms with Crippen molar-refractivity contribution in [2.45, 2.75) is 13.8 Å². The van der Waals surface area contributed by atoms with E-state index in [9.17, 15) is 4.79 Å². The highest BCUT2D eigenvalue weighted by Gasteiger charge is 2.16. The number of amides is 1. The quantitative estimate of drug-likeness (QED) is 0.455. The minimum atomic E-state index is -0.342. The number of hydrazone groups is 1. The second-order valence-electron chi connectivity index (χ2n) is 5.78. The highest BCUT2D eigenvalue weighted by molar-refractivity contribution is 9.10. The van der Waals surface area contributed by atoms with Crippen LogP contribution in [0.4, 0.5) is 0 Å². The van der Waals surface area contributed by atoms with Gasteiger partial charge in [-0.3, -0.25) is 9.89 Å². The van der Waals surface area contributed by atoms with Crippen molar-refractivity contribution in [2.24, 2.45) is 5.10 Å². The third-order valence-corrected chi connectivity index (χ3v) is 4.45. The van der Waals surface area contributed by atoms with Gasteiger partial charge in [0.05, 0.1) is 18.5 Å². The molecule has 0 spiro atoms. The summed E-state index contributed by atoms with van der Waals surface area (Å²) in [5.41, 5.74) is 6.18. The predicted molar refractivity (Wildman–Crippen MR) is 109 cm³/mol. The van der Waals surface area contributed by atoms with E-state index < -0.39 is 0 Å². The lowest BCUT2D eigenvalue weighted by atomic mass is 10.1. The molecule has 1 heterocycles. The van der Waals surface area contributed by atoms with Gasteiger partial charge in [-0.05, 0) is 55.8 Å². The summed E-state index contributed by atoms with van der Waals surface area (Å²) in [6.07, 6.45) is 1.59. The Bertz CT molecular complexity index is 947. The van der Waals surface area contributed by atoms with E-state index in [1.807, 2.05) is 62.4 Å². The van der Waals surface area contributed by atoms with Crippen molar-refractivity contribution in [2.75, 3.05) is 6.61 Å². The zero-order valence-electron chi connectivity index (χ0n) is 15.0. The summed E-state index contributed by atoms with van der Waals surface area (Å²) in [6.45, 7) is 4.41. The number of nitrogens with zero attached hydrogens (tertiary/aromatic N) is 2. The molecule has 7 heteroatoms. The van der Waals surface area contributed by atoms with Gasteiger partial charge in [0.1, 0.15) is 11.4 Å². The number of carbonyl (C=O) groups excluding carboxylic acids is 1. The molecule has 138 valence electrons. The summed E-state index contributed by atoms with van der Waals surface area (Å²) < 4.78 is 6.43. The molecule has 3 rings (SSSR count). The van der Waals surface area contributed by atoms with E-state index in [2.05, 4.69) is 36.7 Å². The standard InChI is InChI=1S/C20H19BrN4O2/c1-3-27-17-10-6-15(7-11-17)18-13(2)19(24-23-18)20(26)25-22-12-14-4-8-16(21)9-5-14/h4-12H,3H2,1-2H3,(H,23,24)(H,25,26)/b22-12+. The van der Waals surface area contributed by atoms with Gasteiger partial charge in [0.2, 0.25) is 0 Å². The second kappa shape index (κ2) is 8.64.